The second kappa shape index (κ2) is 25.3. The first-order valence-corrected chi connectivity index (χ1v) is 33.6. The van der Waals surface area contributed by atoms with E-state index in [4.69, 9.17) is 28.9 Å². The van der Waals surface area contributed by atoms with E-state index in [0.29, 0.717) is 93.0 Å². The number of sulfonamides is 1. The number of piperazine rings is 1. The normalized spacial score (nSPS) is 26.2. The van der Waals surface area contributed by atoms with Crippen LogP contribution in [0.4, 0.5) is 34.3 Å². The molecule has 3 aromatic heterocycles. The van der Waals surface area contributed by atoms with Gasteiger partial charge in [-0.1, -0.05) is 38.1 Å². The Kier molecular flexibility index (Phi) is 17.3. The van der Waals surface area contributed by atoms with Gasteiger partial charge in [0.2, 0.25) is 5.88 Å². The molecule has 4 saturated heterocycles. The number of nitrogens with zero attached hydrogens (tertiary/aromatic N) is 8. The van der Waals surface area contributed by atoms with Gasteiger partial charge in [-0.15, -0.1) is 0 Å². The molecule has 0 bridgehead atoms. The number of hydrogen-bond donors (Lipinski definition) is 4. The van der Waals surface area contributed by atoms with Crippen LogP contribution in [0.1, 0.15) is 124 Å². The molecule has 13 rings (SSSR count). The zero-order chi connectivity index (χ0) is 61.6. The molecule has 8 heterocycles. The first-order valence-electron chi connectivity index (χ1n) is 32.2. The van der Waals surface area contributed by atoms with Crippen molar-refractivity contribution in [2.45, 2.75) is 132 Å². The number of amides is 1. The van der Waals surface area contributed by atoms with E-state index >= 15 is 0 Å². The van der Waals surface area contributed by atoms with Crippen molar-refractivity contribution in [3.05, 3.63) is 124 Å². The van der Waals surface area contributed by atoms with Gasteiger partial charge in [0.05, 0.1) is 59.6 Å². The van der Waals surface area contributed by atoms with Gasteiger partial charge >= 0.3 is 0 Å². The minimum Gasteiger partial charge on any atom is -0.493 e. The summed E-state index contributed by atoms with van der Waals surface area (Å²) >= 11 is 0. The number of aliphatic hydroxyl groups is 1. The Morgan fingerprint density at radius 1 is 0.876 bits per heavy atom. The number of methoxy groups -OCH3 is 1. The van der Waals surface area contributed by atoms with Crippen molar-refractivity contribution in [1.82, 2.24) is 29.5 Å². The van der Waals surface area contributed by atoms with Gasteiger partial charge < -0.3 is 49.1 Å². The molecular weight excluding hydrogens is 1150 g/mol. The zero-order valence-electron chi connectivity index (χ0n) is 51.7. The number of H-pyrrole nitrogens is 1. The molecule has 89 heavy (non-hydrogen) atoms. The minimum absolute atomic E-state index is 0.106. The SMILES string of the molecule is COc1cc(CN2CCC3(CCC(N4CCN(c5ccc(C(=O)NS(=O)(=O)c6ccc(NC[C@H]7CC[C@](C)(O)CC7)c([N+](=O)[O-])c6)c(N6c7cc8cc[nH]c8nc7O[C@H]7COCC[C@@H]76)c5)CC4)CC3)[C@H](c3ccccc3C(C)C)C2)cnc1N1CCOCC1. The molecule has 4 N–H and O–H groups in total. The lowest BCUT2D eigenvalue weighted by Crippen LogP contribution is -2.54. The number of rotatable bonds is 16. The van der Waals surface area contributed by atoms with Crippen LogP contribution < -0.4 is 34.2 Å². The largest absolute Gasteiger partial charge is 0.493 e. The maximum atomic E-state index is 14.9. The molecule has 7 aliphatic rings. The predicted octanol–water partition coefficient (Wildman–Crippen LogP) is 9.74. The first-order chi connectivity index (χ1) is 43.0. The predicted molar refractivity (Wildman–Crippen MR) is 343 cm³/mol. The highest BCUT2D eigenvalue weighted by molar-refractivity contribution is 7.90. The summed E-state index contributed by atoms with van der Waals surface area (Å²) in [7, 11) is -2.91. The fraction of sp³-hybridized carbons (Fsp3) is 0.537. The molecule has 1 spiro atoms. The van der Waals surface area contributed by atoms with E-state index in [2.05, 4.69) is 83.7 Å². The Bertz CT molecular complexity index is 3660. The van der Waals surface area contributed by atoms with Gasteiger partial charge in [-0.05, 0) is 160 Å². The fourth-order valence-corrected chi connectivity index (χ4v) is 16.5. The van der Waals surface area contributed by atoms with Gasteiger partial charge in [0.1, 0.15) is 23.1 Å². The van der Waals surface area contributed by atoms with Crippen molar-refractivity contribution in [2.24, 2.45) is 11.3 Å². The van der Waals surface area contributed by atoms with Gasteiger partial charge in [-0.25, -0.2) is 18.1 Å². The van der Waals surface area contributed by atoms with E-state index in [1.807, 2.05) is 43.6 Å². The van der Waals surface area contributed by atoms with Gasteiger partial charge in [0.15, 0.2) is 11.6 Å². The van der Waals surface area contributed by atoms with Crippen molar-refractivity contribution in [1.29, 1.82) is 0 Å². The average molecular weight is 1240 g/mol. The summed E-state index contributed by atoms with van der Waals surface area (Å²) in [5, 5.41) is 26.9. The molecule has 6 aromatic rings. The lowest BCUT2D eigenvalue weighted by Gasteiger charge is -2.53. The third kappa shape index (κ3) is 12.6. The number of anilines is 5. The van der Waals surface area contributed by atoms with Crippen LogP contribution >= 0.6 is 0 Å². The summed E-state index contributed by atoms with van der Waals surface area (Å²) in [6.07, 6.45) is 12.5. The van der Waals surface area contributed by atoms with Crippen molar-refractivity contribution < 1.29 is 42.2 Å². The lowest BCUT2D eigenvalue weighted by atomic mass is 9.58. The number of morpholine rings is 1. The fourth-order valence-electron chi connectivity index (χ4n) is 15.5. The highest BCUT2D eigenvalue weighted by atomic mass is 32.2. The minimum atomic E-state index is -4.65. The Morgan fingerprint density at radius 2 is 1.66 bits per heavy atom. The van der Waals surface area contributed by atoms with E-state index in [-0.39, 0.29) is 28.6 Å². The maximum Gasteiger partial charge on any atom is 0.293 e. The molecule has 474 valence electrons. The molecule has 6 fully saturated rings. The maximum absolute atomic E-state index is 14.9. The van der Waals surface area contributed by atoms with Gasteiger partial charge in [0, 0.05) is 107 Å². The van der Waals surface area contributed by atoms with Crippen molar-refractivity contribution in [2.75, 3.05) is 112 Å². The summed E-state index contributed by atoms with van der Waals surface area (Å²) in [6.45, 7) is 16.7. The number of nitro benzene ring substituents is 1. The van der Waals surface area contributed by atoms with E-state index in [1.54, 1.807) is 13.2 Å². The Hall–Kier alpha value is -7.08. The van der Waals surface area contributed by atoms with Crippen LogP contribution in [-0.4, -0.2) is 165 Å². The zero-order valence-corrected chi connectivity index (χ0v) is 52.5. The third-order valence-electron chi connectivity index (χ3n) is 20.6. The van der Waals surface area contributed by atoms with Gasteiger partial charge in [-0.2, -0.15) is 4.98 Å². The van der Waals surface area contributed by atoms with Crippen molar-refractivity contribution >= 4 is 61.2 Å². The van der Waals surface area contributed by atoms with Crippen molar-refractivity contribution in [3.8, 4) is 11.6 Å². The van der Waals surface area contributed by atoms with E-state index in [0.717, 1.165) is 120 Å². The number of aromatic nitrogens is 3. The molecule has 1 amide bonds. The quantitative estimate of drug-likeness (QED) is 0.0521. The molecular formula is C67H85N11O10S. The molecule has 0 unspecified atom stereocenters. The first kappa shape index (κ1) is 60.8. The van der Waals surface area contributed by atoms with Crippen LogP contribution in [0, 0.1) is 21.4 Å². The number of nitrogens with one attached hydrogen (secondary N) is 3. The highest BCUT2D eigenvalue weighted by Crippen LogP contribution is 2.55. The molecule has 3 aromatic carbocycles. The molecule has 5 aliphatic heterocycles. The standard InChI is InChI=1S/C67H85N11O10S/c1-44(2)51-7-5-6-8-52(51)54-42-73(41-46-35-60(85-4)63(70-40-46)76-30-33-86-34-31-76)25-23-67(54)21-15-48(16-22-67)74-26-28-75(29-27-74)49-9-11-53(57(37-49)77-56-18-32-87-43-61(56)88-65-59(77)36-47-17-24-68-62(47)71-65)64(79)72-89(83,84)50-10-12-55(58(38-50)78(81)82)69-39-45-13-19-66(3,80)20-14-45/h5-12,17,24,35-38,40,44-45,48,54,56,61,69,80H,13-16,18-23,25-34,39,41-43H2,1-4H3,(H,68,71)(H,72,79)/t45-,48?,54-,56-,61-,66-,67?/m0/s1. The lowest BCUT2D eigenvalue weighted by molar-refractivity contribution is -0.384. The van der Waals surface area contributed by atoms with Crippen LogP contribution in [0.25, 0.3) is 11.0 Å². The van der Waals surface area contributed by atoms with Crippen LogP contribution in [-0.2, 0) is 26.0 Å². The van der Waals surface area contributed by atoms with Crippen molar-refractivity contribution in [3.63, 3.8) is 0 Å². The summed E-state index contributed by atoms with van der Waals surface area (Å²) < 4.78 is 55.1. The number of hydrogen-bond acceptors (Lipinski definition) is 18. The van der Waals surface area contributed by atoms with E-state index in [9.17, 15) is 28.4 Å². The highest BCUT2D eigenvalue weighted by Gasteiger charge is 2.48. The van der Waals surface area contributed by atoms with Gasteiger partial charge in [0.25, 0.3) is 21.6 Å². The number of pyridine rings is 2. The molecule has 22 heteroatoms. The Labute approximate surface area is 521 Å². The molecule has 2 saturated carbocycles. The summed E-state index contributed by atoms with van der Waals surface area (Å²) in [5.74, 6) is 2.17. The molecule has 3 atom stereocenters. The average Bonchev–Trinajstić information content (AvgIpc) is 1.51. The smallest absolute Gasteiger partial charge is 0.293 e. The second-order valence-corrected chi connectivity index (χ2v) is 28.2. The number of benzene rings is 3. The number of nitro groups is 1. The Balaban J connectivity index is 0.731. The van der Waals surface area contributed by atoms with Crippen LogP contribution in [0.15, 0.2) is 96.2 Å². The number of fused-ring (bicyclic) bond motifs is 3. The number of carbonyl (C=O) groups is 1. The summed E-state index contributed by atoms with van der Waals surface area (Å²) in [4.78, 5) is 51.4. The van der Waals surface area contributed by atoms with Gasteiger partial charge in [-0.3, -0.25) is 24.7 Å². The van der Waals surface area contributed by atoms with Crippen LogP contribution in [0.5, 0.6) is 11.6 Å². The number of ether oxygens (including phenoxy) is 4. The topological polar surface area (TPSA) is 233 Å². The van der Waals surface area contributed by atoms with E-state index in [1.165, 1.54) is 41.7 Å². The monoisotopic (exact) mass is 1240 g/mol. The van der Waals surface area contributed by atoms with Crippen LogP contribution in [0.3, 0.4) is 0 Å². The van der Waals surface area contributed by atoms with E-state index < -0.39 is 43.1 Å². The second-order valence-electron chi connectivity index (χ2n) is 26.5. The molecule has 2 aliphatic carbocycles. The third-order valence-corrected chi connectivity index (χ3v) is 22.0. The Morgan fingerprint density at radius 3 is 2.43 bits per heavy atom. The van der Waals surface area contributed by atoms with Crippen LogP contribution in [0.2, 0.25) is 0 Å². The summed E-state index contributed by atoms with van der Waals surface area (Å²) in [5.41, 5.74) is 6.08. The summed E-state index contributed by atoms with van der Waals surface area (Å²) in [6, 6.07) is 24.7. The number of likely N-dealkylation sites (tertiary alicyclic amines) is 1. The molecule has 0 radical (unpaired) electrons. The molecule has 21 nitrogen and oxygen atoms in total. The number of carbonyl (C=O) groups excluding carboxylic acids is 1. The number of aromatic amines is 1. The number of piperidine rings is 1.